The van der Waals surface area contributed by atoms with E-state index in [2.05, 4.69) is 20.3 Å². The van der Waals surface area contributed by atoms with E-state index >= 15 is 0 Å². The Kier molecular flexibility index (Phi) is 5.37. The van der Waals surface area contributed by atoms with E-state index in [1.165, 1.54) is 19.0 Å². The number of carbonyl (C=O) groups is 1. The van der Waals surface area contributed by atoms with Gasteiger partial charge in [-0.2, -0.15) is 5.26 Å². The lowest BCUT2D eigenvalue weighted by molar-refractivity contribution is -0.129. The number of aryl methyl sites for hydroxylation is 1. The van der Waals surface area contributed by atoms with E-state index in [0.717, 1.165) is 24.9 Å². The number of pyridine rings is 1. The van der Waals surface area contributed by atoms with E-state index in [0.29, 0.717) is 36.5 Å². The van der Waals surface area contributed by atoms with Crippen molar-refractivity contribution in [3.05, 3.63) is 35.7 Å². The summed E-state index contributed by atoms with van der Waals surface area (Å²) in [7, 11) is 0. The third-order valence-corrected chi connectivity index (χ3v) is 5.52. The molecular formula is C20H24N6O2. The first-order valence-corrected chi connectivity index (χ1v) is 9.73. The van der Waals surface area contributed by atoms with Crippen molar-refractivity contribution in [2.24, 2.45) is 0 Å². The molecule has 1 aliphatic carbocycles. The van der Waals surface area contributed by atoms with Gasteiger partial charge in [0.2, 0.25) is 5.91 Å². The summed E-state index contributed by atoms with van der Waals surface area (Å²) in [4.78, 5) is 19.5. The highest BCUT2D eigenvalue weighted by atomic mass is 16.5. The lowest BCUT2D eigenvalue weighted by Gasteiger charge is -2.38. The molecule has 2 aromatic rings. The fraction of sp³-hybridized carbons (Fsp3) is 0.500. The van der Waals surface area contributed by atoms with Crippen LogP contribution in [0.25, 0.3) is 5.82 Å². The molecule has 1 saturated carbocycles. The van der Waals surface area contributed by atoms with Gasteiger partial charge in [-0.25, -0.2) is 9.67 Å². The monoisotopic (exact) mass is 380 g/mol. The number of aromatic nitrogens is 3. The van der Waals surface area contributed by atoms with E-state index in [-0.39, 0.29) is 11.9 Å². The van der Waals surface area contributed by atoms with Gasteiger partial charge in [0.1, 0.15) is 12.1 Å². The Labute approximate surface area is 164 Å². The number of rotatable bonds is 4. The molecule has 8 nitrogen and oxygen atoms in total. The first kappa shape index (κ1) is 18.6. The Morgan fingerprint density at radius 1 is 1.36 bits per heavy atom. The fourth-order valence-corrected chi connectivity index (χ4v) is 4.00. The molecule has 146 valence electrons. The summed E-state index contributed by atoms with van der Waals surface area (Å²) in [6.07, 6.45) is 8.10. The zero-order valence-corrected chi connectivity index (χ0v) is 16.0. The van der Waals surface area contributed by atoms with Gasteiger partial charge in [0, 0.05) is 30.5 Å². The molecule has 2 fully saturated rings. The average molecular weight is 380 g/mol. The molecule has 28 heavy (non-hydrogen) atoms. The van der Waals surface area contributed by atoms with Crippen molar-refractivity contribution in [1.29, 1.82) is 5.26 Å². The molecule has 0 radical (unpaired) electrons. The molecule has 0 spiro atoms. The van der Waals surface area contributed by atoms with Crippen molar-refractivity contribution in [2.45, 2.75) is 44.7 Å². The SMILES string of the molecule is Cc1cn(-c2ccc(C#N)cn2)nc1NC(=O)C1COCCN1C1CCCC1. The maximum Gasteiger partial charge on any atom is 0.245 e. The predicted octanol–water partition coefficient (Wildman–Crippen LogP) is 2.03. The molecule has 1 amide bonds. The van der Waals surface area contributed by atoms with E-state index < -0.39 is 0 Å². The molecule has 0 bridgehead atoms. The normalized spacial score (nSPS) is 20.8. The van der Waals surface area contributed by atoms with Crippen molar-refractivity contribution in [3.8, 4) is 11.9 Å². The van der Waals surface area contributed by atoms with Crippen molar-refractivity contribution in [2.75, 3.05) is 25.1 Å². The number of hydrogen-bond donors (Lipinski definition) is 1. The number of nitrogens with one attached hydrogen (secondary N) is 1. The Hall–Kier alpha value is -2.76. The minimum absolute atomic E-state index is 0.0762. The van der Waals surface area contributed by atoms with Crippen LogP contribution in [0, 0.1) is 18.3 Å². The average Bonchev–Trinajstić information content (AvgIpc) is 3.38. The van der Waals surface area contributed by atoms with Gasteiger partial charge in [-0.1, -0.05) is 12.8 Å². The van der Waals surface area contributed by atoms with Crippen LogP contribution in [0.1, 0.15) is 36.8 Å². The molecule has 1 aliphatic heterocycles. The largest absolute Gasteiger partial charge is 0.378 e. The summed E-state index contributed by atoms with van der Waals surface area (Å²) in [5.41, 5.74) is 1.34. The molecule has 8 heteroatoms. The smallest absolute Gasteiger partial charge is 0.245 e. The molecular weight excluding hydrogens is 356 g/mol. The Morgan fingerprint density at radius 2 is 2.18 bits per heavy atom. The van der Waals surface area contributed by atoms with Crippen molar-refractivity contribution < 1.29 is 9.53 Å². The standard InChI is InChI=1S/C20H24N6O2/c1-14-12-26(18-7-6-15(10-21)11-22-18)24-19(14)23-20(27)17-13-28-9-8-25(17)16-4-2-3-5-16/h6-7,11-12,16-17H,2-5,8-9,13H2,1H3,(H,23,24,27). The van der Waals surface area contributed by atoms with E-state index in [1.54, 1.807) is 16.8 Å². The van der Waals surface area contributed by atoms with E-state index in [4.69, 9.17) is 10.00 Å². The molecule has 1 N–H and O–H groups in total. The van der Waals surface area contributed by atoms with Gasteiger partial charge in [-0.3, -0.25) is 9.69 Å². The minimum Gasteiger partial charge on any atom is -0.378 e. The van der Waals surface area contributed by atoms with E-state index in [1.807, 2.05) is 19.2 Å². The van der Waals surface area contributed by atoms with Gasteiger partial charge < -0.3 is 10.1 Å². The van der Waals surface area contributed by atoms with Crippen LogP contribution in [0.15, 0.2) is 24.5 Å². The highest BCUT2D eigenvalue weighted by Crippen LogP contribution is 2.27. The maximum atomic E-state index is 13.0. The van der Waals surface area contributed by atoms with Crippen LogP contribution in [-0.4, -0.2) is 57.4 Å². The first-order valence-electron chi connectivity index (χ1n) is 9.73. The summed E-state index contributed by atoms with van der Waals surface area (Å²) >= 11 is 0. The fourth-order valence-electron chi connectivity index (χ4n) is 4.00. The van der Waals surface area contributed by atoms with Crippen LogP contribution in [0.4, 0.5) is 5.82 Å². The number of carbonyl (C=O) groups excluding carboxylic acids is 1. The quantitative estimate of drug-likeness (QED) is 0.872. The summed E-state index contributed by atoms with van der Waals surface area (Å²) in [5, 5.41) is 16.3. The van der Waals surface area contributed by atoms with Crippen LogP contribution in [0.3, 0.4) is 0 Å². The summed E-state index contributed by atoms with van der Waals surface area (Å²) < 4.78 is 7.20. The van der Waals surface area contributed by atoms with Gasteiger partial charge in [0.15, 0.2) is 11.6 Å². The molecule has 4 rings (SSSR count). The van der Waals surface area contributed by atoms with Crippen LogP contribution < -0.4 is 5.32 Å². The zero-order chi connectivity index (χ0) is 19.5. The van der Waals surface area contributed by atoms with Crippen molar-refractivity contribution in [1.82, 2.24) is 19.7 Å². The van der Waals surface area contributed by atoms with E-state index in [9.17, 15) is 4.79 Å². The number of nitrogens with zero attached hydrogens (tertiary/aromatic N) is 5. The zero-order valence-electron chi connectivity index (χ0n) is 16.0. The summed E-state index contributed by atoms with van der Waals surface area (Å²) in [5.74, 6) is 1.04. The third-order valence-electron chi connectivity index (χ3n) is 5.52. The van der Waals surface area contributed by atoms with Crippen molar-refractivity contribution in [3.63, 3.8) is 0 Å². The summed E-state index contributed by atoms with van der Waals surface area (Å²) in [6.45, 7) is 3.79. The molecule has 3 heterocycles. The van der Waals surface area contributed by atoms with Gasteiger partial charge in [0.25, 0.3) is 0 Å². The lowest BCUT2D eigenvalue weighted by atomic mass is 10.1. The first-order chi connectivity index (χ1) is 13.7. The Bertz CT molecular complexity index is 879. The second-order valence-corrected chi connectivity index (χ2v) is 7.38. The number of amides is 1. The van der Waals surface area contributed by atoms with Crippen LogP contribution in [0.5, 0.6) is 0 Å². The molecule has 1 unspecified atom stereocenters. The topological polar surface area (TPSA) is 96.1 Å². The molecule has 2 aliphatic rings. The third kappa shape index (κ3) is 3.77. The molecule has 2 aromatic heterocycles. The minimum atomic E-state index is -0.283. The van der Waals surface area contributed by atoms with Crippen molar-refractivity contribution >= 4 is 11.7 Å². The predicted molar refractivity (Wildman–Crippen MR) is 103 cm³/mol. The van der Waals surface area contributed by atoms with Gasteiger partial charge in [-0.15, -0.1) is 5.10 Å². The lowest BCUT2D eigenvalue weighted by Crippen LogP contribution is -2.55. The second kappa shape index (κ2) is 8.09. The molecule has 0 aromatic carbocycles. The molecule has 1 atom stereocenters. The van der Waals surface area contributed by atoms with Crippen LogP contribution in [0.2, 0.25) is 0 Å². The number of nitriles is 1. The van der Waals surface area contributed by atoms with Gasteiger partial charge in [-0.05, 0) is 31.9 Å². The van der Waals surface area contributed by atoms with Gasteiger partial charge in [0.05, 0.1) is 18.8 Å². The molecule has 1 saturated heterocycles. The number of anilines is 1. The number of hydrogen-bond acceptors (Lipinski definition) is 6. The number of morpholine rings is 1. The van der Waals surface area contributed by atoms with Gasteiger partial charge >= 0.3 is 0 Å². The Morgan fingerprint density at radius 3 is 2.89 bits per heavy atom. The van der Waals surface area contributed by atoms with Crippen LogP contribution in [-0.2, 0) is 9.53 Å². The highest BCUT2D eigenvalue weighted by molar-refractivity contribution is 5.94. The Balaban J connectivity index is 1.49. The maximum absolute atomic E-state index is 13.0. The highest BCUT2D eigenvalue weighted by Gasteiger charge is 2.35. The van der Waals surface area contributed by atoms with Crippen LogP contribution >= 0.6 is 0 Å². The second-order valence-electron chi connectivity index (χ2n) is 7.38. The number of ether oxygens (including phenoxy) is 1. The summed E-state index contributed by atoms with van der Waals surface area (Å²) in [6, 6.07) is 5.66.